The molecule has 2 N–H and O–H groups in total. The molecule has 1 aromatic heterocycles. The monoisotopic (exact) mass is 330 g/mol. The van der Waals surface area contributed by atoms with Crippen molar-refractivity contribution in [3.8, 4) is 0 Å². The van der Waals surface area contributed by atoms with Crippen LogP contribution in [0.4, 0.5) is 0 Å². The molecule has 6 nitrogen and oxygen atoms in total. The SMILES string of the molecule is COC1CC(C(=O)O)N(C(=O)CCc2c[nH]c3ccc(C)cc23)C1. The molecule has 0 radical (unpaired) electrons. The lowest BCUT2D eigenvalue weighted by Crippen LogP contribution is -2.40. The molecule has 1 fully saturated rings. The number of carbonyl (C=O) groups excluding carboxylic acids is 1. The molecule has 6 heteroatoms. The third kappa shape index (κ3) is 3.14. The number of aryl methyl sites for hydroxylation is 2. The maximum absolute atomic E-state index is 12.5. The topological polar surface area (TPSA) is 82.6 Å². The number of ether oxygens (including phenoxy) is 1. The number of methoxy groups -OCH3 is 1. The number of likely N-dealkylation sites (tertiary alicyclic amines) is 1. The van der Waals surface area contributed by atoms with Gasteiger partial charge in [0.2, 0.25) is 5.91 Å². The number of carbonyl (C=O) groups is 2. The zero-order chi connectivity index (χ0) is 17.3. The van der Waals surface area contributed by atoms with E-state index in [1.165, 1.54) is 10.5 Å². The molecule has 1 aliphatic rings. The van der Waals surface area contributed by atoms with Gasteiger partial charge in [-0.3, -0.25) is 4.79 Å². The lowest BCUT2D eigenvalue weighted by atomic mass is 10.1. The summed E-state index contributed by atoms with van der Waals surface area (Å²) >= 11 is 0. The van der Waals surface area contributed by atoms with Crippen molar-refractivity contribution in [1.29, 1.82) is 0 Å². The van der Waals surface area contributed by atoms with E-state index in [0.717, 1.165) is 16.5 Å². The fourth-order valence-corrected chi connectivity index (χ4v) is 3.36. The fraction of sp³-hybridized carbons (Fsp3) is 0.444. The van der Waals surface area contributed by atoms with Gasteiger partial charge in [0.05, 0.1) is 6.10 Å². The molecule has 0 saturated carbocycles. The first-order valence-electron chi connectivity index (χ1n) is 8.11. The van der Waals surface area contributed by atoms with Crippen LogP contribution in [0.3, 0.4) is 0 Å². The van der Waals surface area contributed by atoms with Gasteiger partial charge in [0.1, 0.15) is 6.04 Å². The van der Waals surface area contributed by atoms with E-state index in [0.29, 0.717) is 25.8 Å². The van der Waals surface area contributed by atoms with E-state index in [1.54, 1.807) is 7.11 Å². The molecule has 1 aliphatic heterocycles. The lowest BCUT2D eigenvalue weighted by molar-refractivity contribution is -0.148. The summed E-state index contributed by atoms with van der Waals surface area (Å²) in [5, 5.41) is 10.4. The van der Waals surface area contributed by atoms with Crippen molar-refractivity contribution in [2.24, 2.45) is 0 Å². The number of amides is 1. The Morgan fingerprint density at radius 3 is 2.92 bits per heavy atom. The second-order valence-electron chi connectivity index (χ2n) is 6.36. The van der Waals surface area contributed by atoms with Gasteiger partial charge in [-0.05, 0) is 31.0 Å². The molecule has 1 aromatic carbocycles. The summed E-state index contributed by atoms with van der Waals surface area (Å²) in [5.74, 6) is -1.10. The highest BCUT2D eigenvalue weighted by molar-refractivity contribution is 5.86. The number of rotatable bonds is 5. The summed E-state index contributed by atoms with van der Waals surface area (Å²) < 4.78 is 5.23. The average molecular weight is 330 g/mol. The van der Waals surface area contributed by atoms with E-state index >= 15 is 0 Å². The number of aliphatic carboxylic acids is 1. The molecule has 128 valence electrons. The van der Waals surface area contributed by atoms with E-state index in [-0.39, 0.29) is 12.0 Å². The average Bonchev–Trinajstić information content (AvgIpc) is 3.16. The number of H-pyrrole nitrogens is 1. The van der Waals surface area contributed by atoms with Gasteiger partial charge in [0.15, 0.2) is 0 Å². The molecule has 1 amide bonds. The summed E-state index contributed by atoms with van der Waals surface area (Å²) in [4.78, 5) is 28.5. The Morgan fingerprint density at radius 1 is 1.42 bits per heavy atom. The summed E-state index contributed by atoms with van der Waals surface area (Å²) in [6, 6.07) is 5.39. The predicted molar refractivity (Wildman–Crippen MR) is 89.9 cm³/mol. The molecule has 2 unspecified atom stereocenters. The summed E-state index contributed by atoms with van der Waals surface area (Å²) in [6.07, 6.45) is 2.95. The zero-order valence-electron chi connectivity index (χ0n) is 13.9. The fourth-order valence-electron chi connectivity index (χ4n) is 3.36. The smallest absolute Gasteiger partial charge is 0.326 e. The van der Waals surface area contributed by atoms with Crippen molar-refractivity contribution < 1.29 is 19.4 Å². The number of aromatic nitrogens is 1. The van der Waals surface area contributed by atoms with Crippen molar-refractivity contribution in [3.63, 3.8) is 0 Å². The molecule has 24 heavy (non-hydrogen) atoms. The zero-order valence-corrected chi connectivity index (χ0v) is 13.9. The van der Waals surface area contributed by atoms with Gasteiger partial charge >= 0.3 is 5.97 Å². The number of carboxylic acid groups (broad SMARTS) is 1. The third-order valence-electron chi connectivity index (χ3n) is 4.73. The van der Waals surface area contributed by atoms with Gasteiger partial charge < -0.3 is 19.7 Å². The normalized spacial score (nSPS) is 20.7. The van der Waals surface area contributed by atoms with Gasteiger partial charge in [-0.15, -0.1) is 0 Å². The quantitative estimate of drug-likeness (QED) is 0.879. The first-order valence-corrected chi connectivity index (χ1v) is 8.11. The second kappa shape index (κ2) is 6.65. The minimum absolute atomic E-state index is 0.135. The molecule has 2 atom stereocenters. The third-order valence-corrected chi connectivity index (χ3v) is 4.73. The van der Waals surface area contributed by atoms with Gasteiger partial charge in [-0.25, -0.2) is 4.79 Å². The van der Waals surface area contributed by atoms with Crippen LogP contribution in [0.2, 0.25) is 0 Å². The van der Waals surface area contributed by atoms with Gasteiger partial charge in [-0.2, -0.15) is 0 Å². The number of benzene rings is 1. The highest BCUT2D eigenvalue weighted by atomic mass is 16.5. The number of aromatic amines is 1. The van der Waals surface area contributed by atoms with E-state index in [4.69, 9.17) is 4.74 Å². The summed E-state index contributed by atoms with van der Waals surface area (Å²) in [6.45, 7) is 2.38. The number of carboxylic acids is 1. The Balaban J connectivity index is 1.70. The Hall–Kier alpha value is -2.34. The van der Waals surface area contributed by atoms with Crippen molar-refractivity contribution >= 4 is 22.8 Å². The molecule has 2 heterocycles. The Morgan fingerprint density at radius 2 is 2.21 bits per heavy atom. The number of fused-ring (bicyclic) bond motifs is 1. The highest BCUT2D eigenvalue weighted by Crippen LogP contribution is 2.24. The largest absolute Gasteiger partial charge is 0.480 e. The number of hydrogen-bond acceptors (Lipinski definition) is 3. The minimum Gasteiger partial charge on any atom is -0.480 e. The minimum atomic E-state index is -0.967. The molecule has 0 bridgehead atoms. The predicted octanol–water partition coefficient (Wildman–Crippen LogP) is 2.11. The number of nitrogens with one attached hydrogen (secondary N) is 1. The Labute approximate surface area is 140 Å². The van der Waals surface area contributed by atoms with Crippen molar-refractivity contribution in [1.82, 2.24) is 9.88 Å². The summed E-state index contributed by atoms with van der Waals surface area (Å²) in [5.41, 5.74) is 3.30. The van der Waals surface area contributed by atoms with Gasteiger partial charge in [0, 0.05) is 43.6 Å². The van der Waals surface area contributed by atoms with Crippen molar-refractivity contribution in [3.05, 3.63) is 35.5 Å². The summed E-state index contributed by atoms with van der Waals surface area (Å²) in [7, 11) is 1.55. The van der Waals surface area contributed by atoms with Gasteiger partial charge in [-0.1, -0.05) is 11.6 Å². The van der Waals surface area contributed by atoms with Crippen LogP contribution < -0.4 is 0 Å². The van der Waals surface area contributed by atoms with Crippen LogP contribution in [0.25, 0.3) is 10.9 Å². The van der Waals surface area contributed by atoms with Gasteiger partial charge in [0.25, 0.3) is 0 Å². The molecule has 2 aromatic rings. The van der Waals surface area contributed by atoms with E-state index in [1.807, 2.05) is 25.3 Å². The van der Waals surface area contributed by atoms with Crippen LogP contribution in [0, 0.1) is 6.92 Å². The van der Waals surface area contributed by atoms with E-state index in [2.05, 4.69) is 11.1 Å². The van der Waals surface area contributed by atoms with Crippen LogP contribution in [-0.4, -0.2) is 52.7 Å². The van der Waals surface area contributed by atoms with Crippen LogP contribution in [-0.2, 0) is 20.7 Å². The number of nitrogens with zero attached hydrogens (tertiary/aromatic N) is 1. The van der Waals surface area contributed by atoms with Crippen LogP contribution in [0.5, 0.6) is 0 Å². The van der Waals surface area contributed by atoms with Crippen molar-refractivity contribution in [2.45, 2.75) is 38.3 Å². The Bertz CT molecular complexity index is 767. The highest BCUT2D eigenvalue weighted by Gasteiger charge is 2.39. The van der Waals surface area contributed by atoms with Crippen LogP contribution >= 0.6 is 0 Å². The molecular formula is C18H22N2O4. The van der Waals surface area contributed by atoms with Crippen LogP contribution in [0.1, 0.15) is 24.0 Å². The number of hydrogen-bond donors (Lipinski definition) is 2. The van der Waals surface area contributed by atoms with Crippen LogP contribution in [0.15, 0.2) is 24.4 Å². The molecule has 1 saturated heterocycles. The van der Waals surface area contributed by atoms with Crippen molar-refractivity contribution in [2.75, 3.05) is 13.7 Å². The lowest BCUT2D eigenvalue weighted by Gasteiger charge is -2.21. The Kier molecular flexibility index (Phi) is 4.57. The second-order valence-corrected chi connectivity index (χ2v) is 6.36. The molecule has 3 rings (SSSR count). The molecule has 0 spiro atoms. The van der Waals surface area contributed by atoms with E-state index < -0.39 is 12.0 Å². The standard InChI is InChI=1S/C18H22N2O4/c1-11-3-5-15-14(7-11)12(9-19-15)4-6-17(21)20-10-13(24-2)8-16(20)18(22)23/h3,5,7,9,13,16,19H,4,6,8,10H2,1-2H3,(H,22,23). The molecule has 0 aliphatic carbocycles. The maximum atomic E-state index is 12.5. The van der Waals surface area contributed by atoms with E-state index in [9.17, 15) is 14.7 Å². The molecular weight excluding hydrogens is 308 g/mol. The first-order chi connectivity index (χ1) is 11.5. The first kappa shape index (κ1) is 16.5. The maximum Gasteiger partial charge on any atom is 0.326 e.